The predicted molar refractivity (Wildman–Crippen MR) is 57.8 cm³/mol. The molecule has 1 aliphatic rings. The van der Waals surface area contributed by atoms with Crippen molar-refractivity contribution in [3.8, 4) is 0 Å². The quantitative estimate of drug-likeness (QED) is 0.787. The van der Waals surface area contributed by atoms with Crippen LogP contribution in [-0.2, 0) is 16.1 Å². The van der Waals surface area contributed by atoms with Gasteiger partial charge >= 0.3 is 5.97 Å². The molecule has 1 saturated heterocycles. The van der Waals surface area contributed by atoms with Gasteiger partial charge in [0.25, 0.3) is 0 Å². The number of carbonyl (C=O) groups excluding carboxylic acids is 1. The maximum atomic E-state index is 11.6. The average molecular weight is 221 g/mol. The Kier molecular flexibility index (Phi) is 3.54. The van der Waals surface area contributed by atoms with Crippen molar-refractivity contribution in [1.29, 1.82) is 0 Å². The Bertz CT molecular complexity index is 353. The van der Waals surface area contributed by atoms with Gasteiger partial charge in [-0.2, -0.15) is 5.06 Å². The number of hydroxylamine groups is 2. The second kappa shape index (κ2) is 5.09. The third-order valence-corrected chi connectivity index (χ3v) is 2.72. The van der Waals surface area contributed by atoms with Crippen LogP contribution in [0.25, 0.3) is 0 Å². The summed E-state index contributed by atoms with van der Waals surface area (Å²) < 4.78 is 5.14. The number of carbonyl (C=O) groups is 1. The van der Waals surface area contributed by atoms with Crippen LogP contribution in [0, 0.1) is 0 Å². The van der Waals surface area contributed by atoms with Crippen LogP contribution in [0.3, 0.4) is 0 Å². The van der Waals surface area contributed by atoms with Crippen molar-refractivity contribution in [3.63, 3.8) is 0 Å². The molecule has 1 N–H and O–H groups in total. The van der Waals surface area contributed by atoms with Gasteiger partial charge in [0.05, 0.1) is 0 Å². The highest BCUT2D eigenvalue weighted by atomic mass is 16.6. The first-order valence-corrected chi connectivity index (χ1v) is 5.43. The van der Waals surface area contributed by atoms with Crippen LogP contribution >= 0.6 is 0 Å². The predicted octanol–water partition coefficient (Wildman–Crippen LogP) is 1.58. The SMILES string of the molecule is O=C(OCc1ccccc1)[C@H]1CCCN1O. The lowest BCUT2D eigenvalue weighted by molar-refractivity contribution is -0.168. The van der Waals surface area contributed by atoms with Crippen molar-refractivity contribution in [2.24, 2.45) is 0 Å². The van der Waals surface area contributed by atoms with Gasteiger partial charge in [0, 0.05) is 6.54 Å². The van der Waals surface area contributed by atoms with Gasteiger partial charge in [-0.25, -0.2) is 0 Å². The van der Waals surface area contributed by atoms with Crippen molar-refractivity contribution in [1.82, 2.24) is 5.06 Å². The topological polar surface area (TPSA) is 49.8 Å². The van der Waals surface area contributed by atoms with Gasteiger partial charge in [0.15, 0.2) is 0 Å². The van der Waals surface area contributed by atoms with Crippen LogP contribution in [0.4, 0.5) is 0 Å². The van der Waals surface area contributed by atoms with Crippen LogP contribution in [0.15, 0.2) is 30.3 Å². The monoisotopic (exact) mass is 221 g/mol. The van der Waals surface area contributed by atoms with Crippen molar-refractivity contribution < 1.29 is 14.7 Å². The molecule has 0 saturated carbocycles. The summed E-state index contributed by atoms with van der Waals surface area (Å²) in [6.45, 7) is 0.815. The van der Waals surface area contributed by atoms with Crippen LogP contribution in [0.1, 0.15) is 18.4 Å². The molecule has 0 spiro atoms. The van der Waals surface area contributed by atoms with E-state index < -0.39 is 6.04 Å². The molecule has 1 aromatic carbocycles. The number of benzene rings is 1. The second-order valence-electron chi connectivity index (χ2n) is 3.91. The molecular formula is C12H15NO3. The van der Waals surface area contributed by atoms with E-state index in [0.29, 0.717) is 13.0 Å². The lowest BCUT2D eigenvalue weighted by Crippen LogP contribution is -2.34. The van der Waals surface area contributed by atoms with E-state index in [1.807, 2.05) is 30.3 Å². The fourth-order valence-electron chi connectivity index (χ4n) is 1.82. The van der Waals surface area contributed by atoms with Crippen LogP contribution in [0.5, 0.6) is 0 Å². The first-order chi connectivity index (χ1) is 7.77. The summed E-state index contributed by atoms with van der Waals surface area (Å²) in [5.41, 5.74) is 0.957. The third-order valence-electron chi connectivity index (χ3n) is 2.72. The first kappa shape index (κ1) is 11.1. The second-order valence-corrected chi connectivity index (χ2v) is 3.91. The Balaban J connectivity index is 1.84. The smallest absolute Gasteiger partial charge is 0.326 e. The highest BCUT2D eigenvalue weighted by Gasteiger charge is 2.30. The summed E-state index contributed by atoms with van der Waals surface area (Å²) in [4.78, 5) is 11.6. The maximum absolute atomic E-state index is 11.6. The zero-order valence-corrected chi connectivity index (χ0v) is 9.00. The number of hydrogen-bond acceptors (Lipinski definition) is 4. The van der Waals surface area contributed by atoms with Gasteiger partial charge < -0.3 is 9.94 Å². The minimum Gasteiger partial charge on any atom is -0.460 e. The Labute approximate surface area is 94.4 Å². The molecule has 1 aromatic rings. The molecule has 0 amide bonds. The van der Waals surface area contributed by atoms with Crippen molar-refractivity contribution in [2.75, 3.05) is 6.54 Å². The number of nitrogens with zero attached hydrogens (tertiary/aromatic N) is 1. The molecule has 0 aromatic heterocycles. The van der Waals surface area contributed by atoms with E-state index in [9.17, 15) is 10.0 Å². The highest BCUT2D eigenvalue weighted by molar-refractivity contribution is 5.75. The van der Waals surface area contributed by atoms with Gasteiger partial charge in [-0.15, -0.1) is 0 Å². The van der Waals surface area contributed by atoms with Gasteiger partial charge in [-0.1, -0.05) is 30.3 Å². The summed E-state index contributed by atoms with van der Waals surface area (Å²) in [6.07, 6.45) is 1.51. The van der Waals surface area contributed by atoms with E-state index in [1.54, 1.807) is 0 Å². The zero-order chi connectivity index (χ0) is 11.4. The Hall–Kier alpha value is -1.39. The standard InChI is InChI=1S/C12H15NO3/c14-12(11-7-4-8-13(11)15)16-9-10-5-2-1-3-6-10/h1-3,5-6,11,15H,4,7-9H2/t11-/m1/s1. The normalized spacial score (nSPS) is 20.9. The largest absolute Gasteiger partial charge is 0.460 e. The molecule has 86 valence electrons. The molecule has 1 atom stereocenters. The van der Waals surface area contributed by atoms with Crippen LogP contribution < -0.4 is 0 Å². The summed E-state index contributed by atoms with van der Waals surface area (Å²) in [7, 11) is 0. The van der Waals surface area contributed by atoms with Crippen molar-refractivity contribution in [3.05, 3.63) is 35.9 Å². The number of ether oxygens (including phenoxy) is 1. The van der Waals surface area contributed by atoms with Crippen molar-refractivity contribution >= 4 is 5.97 Å². The first-order valence-electron chi connectivity index (χ1n) is 5.43. The molecule has 4 nitrogen and oxygen atoms in total. The van der Waals surface area contributed by atoms with Crippen molar-refractivity contribution in [2.45, 2.75) is 25.5 Å². The third kappa shape index (κ3) is 2.59. The fraction of sp³-hybridized carbons (Fsp3) is 0.417. The summed E-state index contributed by atoms with van der Waals surface area (Å²) in [5.74, 6) is -0.344. The molecule has 0 aliphatic carbocycles. The fourth-order valence-corrected chi connectivity index (χ4v) is 1.82. The molecule has 0 unspecified atom stereocenters. The molecule has 0 radical (unpaired) electrons. The van der Waals surface area contributed by atoms with E-state index in [2.05, 4.69) is 0 Å². The molecule has 1 heterocycles. The number of esters is 1. The molecule has 4 heteroatoms. The molecule has 2 rings (SSSR count). The lowest BCUT2D eigenvalue weighted by atomic mass is 10.2. The molecular weight excluding hydrogens is 206 g/mol. The molecule has 0 bridgehead atoms. The van der Waals surface area contributed by atoms with Crippen LogP contribution in [0.2, 0.25) is 0 Å². The number of hydrogen-bond donors (Lipinski definition) is 1. The Morgan fingerprint density at radius 1 is 1.44 bits per heavy atom. The van der Waals surface area contributed by atoms with E-state index in [0.717, 1.165) is 17.0 Å². The Morgan fingerprint density at radius 3 is 2.81 bits per heavy atom. The number of rotatable bonds is 3. The zero-order valence-electron chi connectivity index (χ0n) is 9.00. The van der Waals surface area contributed by atoms with E-state index in [-0.39, 0.29) is 12.6 Å². The Morgan fingerprint density at radius 2 is 2.19 bits per heavy atom. The summed E-state index contributed by atoms with van der Waals surface area (Å²) >= 11 is 0. The maximum Gasteiger partial charge on any atom is 0.326 e. The van der Waals surface area contributed by atoms with Crippen LogP contribution in [-0.4, -0.2) is 28.8 Å². The summed E-state index contributed by atoms with van der Waals surface area (Å²) in [5, 5.41) is 10.5. The minimum atomic E-state index is -0.483. The lowest BCUT2D eigenvalue weighted by Gasteiger charge is -2.15. The van der Waals surface area contributed by atoms with Gasteiger partial charge in [0.1, 0.15) is 12.6 Å². The van der Waals surface area contributed by atoms with E-state index in [4.69, 9.17) is 4.74 Å². The van der Waals surface area contributed by atoms with Gasteiger partial charge in [-0.3, -0.25) is 4.79 Å². The molecule has 1 aliphatic heterocycles. The van der Waals surface area contributed by atoms with Gasteiger partial charge in [-0.05, 0) is 18.4 Å². The van der Waals surface area contributed by atoms with E-state index in [1.165, 1.54) is 0 Å². The van der Waals surface area contributed by atoms with E-state index >= 15 is 0 Å². The molecule has 16 heavy (non-hydrogen) atoms. The summed E-state index contributed by atoms with van der Waals surface area (Å²) in [6, 6.07) is 9.03. The van der Waals surface area contributed by atoms with Gasteiger partial charge in [0.2, 0.25) is 0 Å². The molecule has 1 fully saturated rings. The average Bonchev–Trinajstić information content (AvgIpc) is 2.74. The minimum absolute atomic E-state index is 0.268. The highest BCUT2D eigenvalue weighted by Crippen LogP contribution is 2.16.